The predicted octanol–water partition coefficient (Wildman–Crippen LogP) is 2.52. The Bertz CT molecular complexity index is 502. The molecule has 0 saturated carbocycles. The number of nitrogens with one attached hydrogen (secondary N) is 2. The summed E-state index contributed by atoms with van der Waals surface area (Å²) in [6.07, 6.45) is 1.07. The number of aliphatic hydroxyl groups is 1. The van der Waals surface area contributed by atoms with E-state index in [0.717, 1.165) is 35.8 Å². The summed E-state index contributed by atoms with van der Waals surface area (Å²) in [4.78, 5) is 0. The van der Waals surface area contributed by atoms with Crippen molar-refractivity contribution in [1.82, 2.24) is 0 Å². The van der Waals surface area contributed by atoms with Gasteiger partial charge in [-0.15, -0.1) is 0 Å². The Morgan fingerprint density at radius 1 is 0.727 bits per heavy atom. The van der Waals surface area contributed by atoms with E-state index in [1.807, 2.05) is 48.5 Å². The van der Waals surface area contributed by atoms with E-state index in [4.69, 9.17) is 11.5 Å². The van der Waals surface area contributed by atoms with Gasteiger partial charge in [0.05, 0.1) is 6.10 Å². The van der Waals surface area contributed by atoms with Crippen LogP contribution in [-0.4, -0.2) is 24.3 Å². The first-order chi connectivity index (χ1) is 10.6. The average Bonchev–Trinajstić information content (AvgIpc) is 2.51. The Balaban J connectivity index is 1.60. The Kier molecular flexibility index (Phi) is 5.91. The number of nitrogen functional groups attached to an aromatic ring is 2. The fourth-order valence-electron chi connectivity index (χ4n) is 2.11. The van der Waals surface area contributed by atoms with Crippen LogP contribution in [-0.2, 0) is 0 Å². The molecule has 0 atom stereocenters. The molecule has 0 bridgehead atoms. The maximum Gasteiger partial charge on any atom is 0.0573 e. The van der Waals surface area contributed by atoms with E-state index in [0.29, 0.717) is 12.8 Å². The first kappa shape index (κ1) is 16.0. The van der Waals surface area contributed by atoms with Crippen molar-refractivity contribution in [2.75, 3.05) is 35.2 Å². The molecule has 2 rings (SSSR count). The molecule has 7 N–H and O–H groups in total. The van der Waals surface area contributed by atoms with E-state index in [9.17, 15) is 5.11 Å². The van der Waals surface area contributed by atoms with Gasteiger partial charge in [-0.1, -0.05) is 0 Å². The van der Waals surface area contributed by atoms with Crippen LogP contribution in [0.2, 0.25) is 0 Å². The highest BCUT2D eigenvalue weighted by Crippen LogP contribution is 2.12. The first-order valence-electron chi connectivity index (χ1n) is 7.50. The number of anilines is 4. The summed E-state index contributed by atoms with van der Waals surface area (Å²) in [6, 6.07) is 15.2. The molecule has 0 fully saturated rings. The van der Waals surface area contributed by atoms with Crippen molar-refractivity contribution in [3.05, 3.63) is 48.5 Å². The van der Waals surface area contributed by atoms with Gasteiger partial charge in [-0.25, -0.2) is 0 Å². The third kappa shape index (κ3) is 5.54. The molecule has 2 aromatic rings. The maximum atomic E-state index is 9.97. The lowest BCUT2D eigenvalue weighted by molar-refractivity contribution is 0.162. The quantitative estimate of drug-likeness (QED) is 0.483. The van der Waals surface area contributed by atoms with Crippen LogP contribution in [0.3, 0.4) is 0 Å². The Labute approximate surface area is 131 Å². The molecule has 0 heterocycles. The van der Waals surface area contributed by atoms with Crippen LogP contribution in [0.5, 0.6) is 0 Å². The molecule has 22 heavy (non-hydrogen) atoms. The molecular weight excluding hydrogens is 276 g/mol. The molecule has 2 aromatic carbocycles. The Morgan fingerprint density at radius 3 is 1.45 bits per heavy atom. The van der Waals surface area contributed by atoms with E-state index >= 15 is 0 Å². The van der Waals surface area contributed by atoms with Crippen molar-refractivity contribution in [3.8, 4) is 0 Å². The molecule has 0 aliphatic carbocycles. The molecule has 0 unspecified atom stereocenters. The van der Waals surface area contributed by atoms with Gasteiger partial charge >= 0.3 is 0 Å². The molecule has 118 valence electrons. The van der Waals surface area contributed by atoms with Gasteiger partial charge in [0, 0.05) is 35.8 Å². The van der Waals surface area contributed by atoms with Crippen molar-refractivity contribution < 1.29 is 5.11 Å². The van der Waals surface area contributed by atoms with Crippen LogP contribution in [0.15, 0.2) is 48.5 Å². The van der Waals surface area contributed by atoms with E-state index in [-0.39, 0.29) is 6.10 Å². The minimum absolute atomic E-state index is 0.331. The molecule has 0 amide bonds. The van der Waals surface area contributed by atoms with Gasteiger partial charge < -0.3 is 27.2 Å². The summed E-state index contributed by atoms with van der Waals surface area (Å²) in [5, 5.41) is 16.5. The number of hydrogen-bond acceptors (Lipinski definition) is 5. The molecular formula is C17H24N4O. The van der Waals surface area contributed by atoms with Gasteiger partial charge in [-0.3, -0.25) is 0 Å². The van der Waals surface area contributed by atoms with Crippen LogP contribution >= 0.6 is 0 Å². The van der Waals surface area contributed by atoms with Crippen molar-refractivity contribution in [2.24, 2.45) is 0 Å². The number of rotatable bonds is 8. The van der Waals surface area contributed by atoms with Crippen molar-refractivity contribution >= 4 is 22.7 Å². The highest BCUT2D eigenvalue weighted by molar-refractivity contribution is 5.51. The standard InChI is InChI=1S/C17H24N4O/c18-13-1-5-15(6-2-13)20-11-9-17(22)10-12-21-16-7-3-14(19)4-8-16/h1-8,17,20-22H,9-12,18-19H2. The van der Waals surface area contributed by atoms with Crippen LogP contribution < -0.4 is 22.1 Å². The number of nitrogens with two attached hydrogens (primary N) is 2. The highest BCUT2D eigenvalue weighted by atomic mass is 16.3. The summed E-state index contributed by atoms with van der Waals surface area (Å²) >= 11 is 0. The molecule has 0 aliphatic rings. The van der Waals surface area contributed by atoms with Crippen LogP contribution in [0.4, 0.5) is 22.7 Å². The zero-order valence-electron chi connectivity index (χ0n) is 12.6. The number of hydrogen-bond donors (Lipinski definition) is 5. The fraction of sp³-hybridized carbons (Fsp3) is 0.294. The van der Waals surface area contributed by atoms with Gasteiger partial charge in [0.25, 0.3) is 0 Å². The molecule has 0 aliphatic heterocycles. The average molecular weight is 300 g/mol. The van der Waals surface area contributed by atoms with Gasteiger partial charge in [0.15, 0.2) is 0 Å². The predicted molar refractivity (Wildman–Crippen MR) is 93.9 cm³/mol. The van der Waals surface area contributed by atoms with Gasteiger partial charge in [-0.2, -0.15) is 0 Å². The minimum Gasteiger partial charge on any atom is -0.399 e. The lowest BCUT2D eigenvalue weighted by Crippen LogP contribution is -2.17. The van der Waals surface area contributed by atoms with Crippen LogP contribution in [0.1, 0.15) is 12.8 Å². The lowest BCUT2D eigenvalue weighted by Gasteiger charge is -2.13. The third-order valence-electron chi connectivity index (χ3n) is 3.43. The fourth-order valence-corrected chi connectivity index (χ4v) is 2.11. The van der Waals surface area contributed by atoms with Gasteiger partial charge in [0.1, 0.15) is 0 Å². The monoisotopic (exact) mass is 300 g/mol. The van der Waals surface area contributed by atoms with Gasteiger partial charge in [-0.05, 0) is 61.4 Å². The van der Waals surface area contributed by atoms with E-state index < -0.39 is 0 Å². The topological polar surface area (TPSA) is 96.3 Å². The Hall–Kier alpha value is -2.40. The van der Waals surface area contributed by atoms with Gasteiger partial charge in [0.2, 0.25) is 0 Å². The van der Waals surface area contributed by atoms with Crippen molar-refractivity contribution in [2.45, 2.75) is 18.9 Å². The molecule has 0 spiro atoms. The van der Waals surface area contributed by atoms with Crippen molar-refractivity contribution in [3.63, 3.8) is 0 Å². The Morgan fingerprint density at radius 2 is 1.09 bits per heavy atom. The smallest absolute Gasteiger partial charge is 0.0573 e. The maximum absolute atomic E-state index is 9.97. The summed E-state index contributed by atoms with van der Waals surface area (Å²) in [6.45, 7) is 1.46. The molecule has 5 nitrogen and oxygen atoms in total. The number of benzene rings is 2. The zero-order chi connectivity index (χ0) is 15.8. The second kappa shape index (κ2) is 8.14. The number of aliphatic hydroxyl groups excluding tert-OH is 1. The second-order valence-corrected chi connectivity index (χ2v) is 5.33. The van der Waals surface area contributed by atoms with Crippen LogP contribution in [0.25, 0.3) is 0 Å². The lowest BCUT2D eigenvalue weighted by atomic mass is 10.1. The first-order valence-corrected chi connectivity index (χ1v) is 7.50. The summed E-state index contributed by atoms with van der Waals surface area (Å²) in [5.74, 6) is 0. The normalized spacial score (nSPS) is 10.6. The molecule has 0 radical (unpaired) electrons. The van der Waals surface area contributed by atoms with Crippen LogP contribution in [0, 0.1) is 0 Å². The van der Waals surface area contributed by atoms with Crippen molar-refractivity contribution in [1.29, 1.82) is 0 Å². The molecule has 0 aromatic heterocycles. The molecule has 5 heteroatoms. The van der Waals surface area contributed by atoms with E-state index in [1.54, 1.807) is 0 Å². The summed E-state index contributed by atoms with van der Waals surface area (Å²) < 4.78 is 0. The van der Waals surface area contributed by atoms with E-state index in [1.165, 1.54) is 0 Å². The summed E-state index contributed by atoms with van der Waals surface area (Å²) in [5.41, 5.74) is 14.8. The zero-order valence-corrected chi connectivity index (χ0v) is 12.6. The highest BCUT2D eigenvalue weighted by Gasteiger charge is 2.03. The summed E-state index contributed by atoms with van der Waals surface area (Å²) in [7, 11) is 0. The van der Waals surface area contributed by atoms with E-state index in [2.05, 4.69) is 10.6 Å². The SMILES string of the molecule is Nc1ccc(NCCC(O)CCNc2ccc(N)cc2)cc1. The molecule has 0 saturated heterocycles. The third-order valence-corrected chi connectivity index (χ3v) is 3.43. The largest absolute Gasteiger partial charge is 0.399 e. The minimum atomic E-state index is -0.331. The second-order valence-electron chi connectivity index (χ2n) is 5.33.